The van der Waals surface area contributed by atoms with Gasteiger partial charge in [-0.25, -0.2) is 0 Å². The molecule has 2 aliphatic rings. The van der Waals surface area contributed by atoms with Crippen LogP contribution in [-0.4, -0.2) is 48.5 Å². The Morgan fingerprint density at radius 1 is 0.882 bits per heavy atom. The molecule has 0 aromatic heterocycles. The topological polar surface area (TPSA) is 32.8 Å². The predicted octanol–water partition coefficient (Wildman–Crippen LogP) is 5.87. The van der Waals surface area contributed by atoms with E-state index < -0.39 is 0 Å². The lowest BCUT2D eigenvalue weighted by Gasteiger charge is -2.40. The van der Waals surface area contributed by atoms with Gasteiger partial charge >= 0.3 is 0 Å². The second-order valence-corrected chi connectivity index (χ2v) is 10.3. The summed E-state index contributed by atoms with van der Waals surface area (Å²) >= 11 is 0. The molecule has 4 heteroatoms. The van der Waals surface area contributed by atoms with E-state index in [1.807, 2.05) is 24.3 Å². The first kappa shape index (κ1) is 24.8. The fraction of sp³-hybridized carbons (Fsp3) is 0.567. The summed E-state index contributed by atoms with van der Waals surface area (Å²) in [7, 11) is 1.67. The number of nitrogens with zero attached hydrogens (tertiary/aromatic N) is 2. The Balaban J connectivity index is 1.41. The summed E-state index contributed by atoms with van der Waals surface area (Å²) in [6, 6.07) is 17.0. The molecule has 2 fully saturated rings. The van der Waals surface area contributed by atoms with Crippen LogP contribution in [0.25, 0.3) is 0 Å². The highest BCUT2D eigenvalue weighted by atomic mass is 16.5. The fourth-order valence-electron chi connectivity index (χ4n) is 5.67. The van der Waals surface area contributed by atoms with Gasteiger partial charge in [0.1, 0.15) is 5.75 Å². The number of likely N-dealkylation sites (tertiary alicyclic amines) is 1. The first-order valence-electron chi connectivity index (χ1n) is 13.4. The van der Waals surface area contributed by atoms with Crippen molar-refractivity contribution in [2.24, 2.45) is 5.92 Å². The number of methoxy groups -OCH3 is 1. The van der Waals surface area contributed by atoms with Crippen LogP contribution in [0.5, 0.6) is 5.75 Å². The molecule has 0 spiro atoms. The van der Waals surface area contributed by atoms with Crippen LogP contribution < -0.4 is 4.74 Å². The predicted molar refractivity (Wildman–Crippen MR) is 139 cm³/mol. The number of piperidine rings is 1. The second-order valence-electron chi connectivity index (χ2n) is 10.3. The Bertz CT molecular complexity index is 879. The van der Waals surface area contributed by atoms with Gasteiger partial charge in [-0.1, -0.05) is 62.6 Å². The minimum absolute atomic E-state index is 0.232. The van der Waals surface area contributed by atoms with E-state index in [2.05, 4.69) is 41.0 Å². The van der Waals surface area contributed by atoms with E-state index in [4.69, 9.17) is 4.74 Å². The molecule has 0 atom stereocenters. The van der Waals surface area contributed by atoms with E-state index >= 15 is 0 Å². The van der Waals surface area contributed by atoms with E-state index in [9.17, 15) is 4.79 Å². The number of hydrogen-bond acceptors (Lipinski definition) is 3. The van der Waals surface area contributed by atoms with E-state index in [0.717, 1.165) is 49.6 Å². The van der Waals surface area contributed by atoms with Gasteiger partial charge in [-0.2, -0.15) is 0 Å². The maximum Gasteiger partial charge on any atom is 0.227 e. The van der Waals surface area contributed by atoms with Gasteiger partial charge < -0.3 is 14.5 Å². The molecule has 0 unspecified atom stereocenters. The highest BCUT2D eigenvalue weighted by molar-refractivity contribution is 5.79. The molecule has 1 heterocycles. The molecule has 0 radical (unpaired) electrons. The van der Waals surface area contributed by atoms with Gasteiger partial charge in [0.25, 0.3) is 0 Å². The van der Waals surface area contributed by atoms with Crippen LogP contribution in [0.15, 0.2) is 48.5 Å². The molecule has 34 heavy (non-hydrogen) atoms. The SMILES string of the molecule is CCc1ccc(CN(C(=O)Cc2ccc(OC)cc2)C2CCN(CC3CCCCC3)CC2)cc1. The Morgan fingerprint density at radius 3 is 2.12 bits per heavy atom. The highest BCUT2D eigenvalue weighted by Gasteiger charge is 2.29. The minimum atomic E-state index is 0.232. The van der Waals surface area contributed by atoms with Gasteiger partial charge in [-0.05, 0) is 66.8 Å². The Kier molecular flexibility index (Phi) is 9.04. The zero-order valence-corrected chi connectivity index (χ0v) is 21.2. The molecule has 1 aliphatic heterocycles. The standard InChI is InChI=1S/C30H42N2O2/c1-3-24-9-11-27(12-10-24)23-32(30(33)21-25-13-15-29(34-2)16-14-25)28-17-19-31(20-18-28)22-26-7-5-4-6-8-26/h9-16,26,28H,3-8,17-23H2,1-2H3. The van der Waals surface area contributed by atoms with Crippen molar-refractivity contribution in [3.8, 4) is 5.75 Å². The molecule has 2 aromatic rings. The number of aryl methyl sites for hydroxylation is 1. The van der Waals surface area contributed by atoms with Gasteiger partial charge in [0, 0.05) is 32.2 Å². The molecular formula is C30H42N2O2. The molecule has 1 saturated carbocycles. The van der Waals surface area contributed by atoms with E-state index in [1.165, 1.54) is 49.8 Å². The first-order chi connectivity index (χ1) is 16.6. The van der Waals surface area contributed by atoms with Crippen LogP contribution in [0.1, 0.15) is 68.6 Å². The Hall–Kier alpha value is -2.33. The lowest BCUT2D eigenvalue weighted by atomic mass is 9.88. The maximum absolute atomic E-state index is 13.6. The quantitative estimate of drug-likeness (QED) is 0.467. The summed E-state index contributed by atoms with van der Waals surface area (Å²) in [4.78, 5) is 18.4. The van der Waals surface area contributed by atoms with E-state index in [1.54, 1.807) is 7.11 Å². The monoisotopic (exact) mass is 462 g/mol. The van der Waals surface area contributed by atoms with Crippen LogP contribution in [0.4, 0.5) is 0 Å². The molecule has 1 saturated heterocycles. The molecule has 4 nitrogen and oxygen atoms in total. The lowest BCUT2D eigenvalue weighted by Crippen LogP contribution is -2.48. The third-order valence-electron chi connectivity index (χ3n) is 7.86. The maximum atomic E-state index is 13.6. The Labute approximate surface area is 206 Å². The number of rotatable bonds is 9. The van der Waals surface area contributed by atoms with E-state index in [-0.39, 0.29) is 5.91 Å². The number of amides is 1. The molecule has 1 amide bonds. The van der Waals surface area contributed by atoms with Crippen molar-refractivity contribution >= 4 is 5.91 Å². The smallest absolute Gasteiger partial charge is 0.227 e. The summed E-state index contributed by atoms with van der Waals surface area (Å²) in [5.41, 5.74) is 3.62. The van der Waals surface area contributed by atoms with Crippen molar-refractivity contribution in [1.82, 2.24) is 9.80 Å². The van der Waals surface area contributed by atoms with Crippen molar-refractivity contribution in [1.29, 1.82) is 0 Å². The van der Waals surface area contributed by atoms with Crippen molar-refractivity contribution < 1.29 is 9.53 Å². The van der Waals surface area contributed by atoms with Crippen molar-refractivity contribution in [3.05, 3.63) is 65.2 Å². The summed E-state index contributed by atoms with van der Waals surface area (Å²) in [6.07, 6.45) is 10.7. The lowest BCUT2D eigenvalue weighted by molar-refractivity contribution is -0.134. The Morgan fingerprint density at radius 2 is 1.50 bits per heavy atom. The third kappa shape index (κ3) is 6.85. The summed E-state index contributed by atoms with van der Waals surface area (Å²) in [5.74, 6) is 1.94. The van der Waals surface area contributed by atoms with Crippen molar-refractivity contribution in [2.45, 2.75) is 77.3 Å². The van der Waals surface area contributed by atoms with Crippen LogP contribution in [0.2, 0.25) is 0 Å². The minimum Gasteiger partial charge on any atom is -0.497 e. The number of carbonyl (C=O) groups is 1. The number of benzene rings is 2. The van der Waals surface area contributed by atoms with Crippen LogP contribution in [0, 0.1) is 5.92 Å². The molecular weight excluding hydrogens is 420 g/mol. The molecule has 1 aliphatic carbocycles. The van der Waals surface area contributed by atoms with Gasteiger partial charge in [-0.3, -0.25) is 4.79 Å². The van der Waals surface area contributed by atoms with E-state index in [0.29, 0.717) is 19.0 Å². The normalized spacial score (nSPS) is 18.1. The summed E-state index contributed by atoms with van der Waals surface area (Å²) < 4.78 is 5.28. The second kappa shape index (κ2) is 12.4. The zero-order valence-electron chi connectivity index (χ0n) is 21.2. The molecule has 0 N–H and O–H groups in total. The average molecular weight is 463 g/mol. The van der Waals surface area contributed by atoms with Gasteiger partial charge in [-0.15, -0.1) is 0 Å². The van der Waals surface area contributed by atoms with Crippen molar-refractivity contribution in [2.75, 3.05) is 26.7 Å². The first-order valence-corrected chi connectivity index (χ1v) is 13.4. The van der Waals surface area contributed by atoms with Crippen LogP contribution in [-0.2, 0) is 24.2 Å². The number of hydrogen-bond donors (Lipinski definition) is 0. The third-order valence-corrected chi connectivity index (χ3v) is 7.86. The molecule has 2 aromatic carbocycles. The molecule has 4 rings (SSSR count). The largest absolute Gasteiger partial charge is 0.497 e. The van der Waals surface area contributed by atoms with Gasteiger partial charge in [0.05, 0.1) is 13.5 Å². The number of ether oxygens (including phenoxy) is 1. The summed E-state index contributed by atoms with van der Waals surface area (Å²) in [5, 5.41) is 0. The fourth-order valence-corrected chi connectivity index (χ4v) is 5.67. The molecule has 0 bridgehead atoms. The molecule has 184 valence electrons. The van der Waals surface area contributed by atoms with Gasteiger partial charge in [0.15, 0.2) is 0 Å². The van der Waals surface area contributed by atoms with Crippen LogP contribution >= 0.6 is 0 Å². The summed E-state index contributed by atoms with van der Waals surface area (Å²) in [6.45, 7) is 6.36. The number of carbonyl (C=O) groups excluding carboxylic acids is 1. The highest BCUT2D eigenvalue weighted by Crippen LogP contribution is 2.27. The zero-order chi connectivity index (χ0) is 23.8. The van der Waals surface area contributed by atoms with Crippen molar-refractivity contribution in [3.63, 3.8) is 0 Å². The van der Waals surface area contributed by atoms with Crippen LogP contribution in [0.3, 0.4) is 0 Å². The average Bonchev–Trinajstić information content (AvgIpc) is 2.89. The van der Waals surface area contributed by atoms with Gasteiger partial charge in [0.2, 0.25) is 5.91 Å².